The molecule has 0 radical (unpaired) electrons. The summed E-state index contributed by atoms with van der Waals surface area (Å²) in [6.45, 7) is 1.77. The van der Waals surface area contributed by atoms with Crippen LogP contribution in [0.25, 0.3) is 0 Å². The van der Waals surface area contributed by atoms with Gasteiger partial charge in [-0.3, -0.25) is 0 Å². The van der Waals surface area contributed by atoms with Crippen molar-refractivity contribution >= 4 is 11.6 Å². The molecule has 0 N–H and O–H groups in total. The summed E-state index contributed by atoms with van der Waals surface area (Å²) in [5, 5.41) is 0.684. The van der Waals surface area contributed by atoms with Gasteiger partial charge in [0.15, 0.2) is 0 Å². The number of benzene rings is 2. The predicted octanol–water partition coefficient (Wildman–Crippen LogP) is 4.38. The van der Waals surface area contributed by atoms with Crippen molar-refractivity contribution < 1.29 is 4.39 Å². The highest BCUT2D eigenvalue weighted by Crippen LogP contribution is 2.21. The van der Waals surface area contributed by atoms with Crippen molar-refractivity contribution in [2.45, 2.75) is 13.3 Å². The molecule has 0 unspecified atom stereocenters. The molecular weight excluding hydrogens is 223 g/mol. The molecule has 0 heterocycles. The minimum absolute atomic E-state index is 0.137. The van der Waals surface area contributed by atoms with E-state index < -0.39 is 0 Å². The fourth-order valence-corrected chi connectivity index (χ4v) is 1.89. The Morgan fingerprint density at radius 2 is 1.69 bits per heavy atom. The van der Waals surface area contributed by atoms with Crippen molar-refractivity contribution in [3.63, 3.8) is 0 Å². The fourth-order valence-electron chi connectivity index (χ4n) is 1.69. The minimum atomic E-state index is -0.137. The first kappa shape index (κ1) is 11.2. The Kier molecular flexibility index (Phi) is 3.25. The maximum absolute atomic E-state index is 13.8. The highest BCUT2D eigenvalue weighted by atomic mass is 35.5. The Labute approximate surface area is 99.7 Å². The van der Waals surface area contributed by atoms with Gasteiger partial charge in [-0.1, -0.05) is 48.0 Å². The molecule has 0 aliphatic rings. The third-order valence-corrected chi connectivity index (χ3v) is 2.98. The van der Waals surface area contributed by atoms with E-state index in [0.717, 1.165) is 5.56 Å². The van der Waals surface area contributed by atoms with E-state index in [4.69, 9.17) is 11.6 Å². The molecule has 0 atom stereocenters. The van der Waals surface area contributed by atoms with Crippen LogP contribution in [0, 0.1) is 12.7 Å². The van der Waals surface area contributed by atoms with Crippen LogP contribution in [-0.4, -0.2) is 0 Å². The van der Waals surface area contributed by atoms with E-state index in [2.05, 4.69) is 0 Å². The monoisotopic (exact) mass is 234 g/mol. The maximum Gasteiger partial charge on any atom is 0.129 e. The second kappa shape index (κ2) is 4.67. The lowest BCUT2D eigenvalue weighted by Gasteiger charge is -2.07. The van der Waals surface area contributed by atoms with E-state index in [-0.39, 0.29) is 5.82 Å². The molecule has 0 aliphatic heterocycles. The van der Waals surface area contributed by atoms with Gasteiger partial charge in [-0.15, -0.1) is 0 Å². The molecule has 2 heteroatoms. The highest BCUT2D eigenvalue weighted by Gasteiger charge is 2.07. The van der Waals surface area contributed by atoms with Crippen LogP contribution in [0.2, 0.25) is 5.02 Å². The highest BCUT2D eigenvalue weighted by molar-refractivity contribution is 6.31. The molecule has 82 valence electrons. The van der Waals surface area contributed by atoms with Crippen molar-refractivity contribution in [1.82, 2.24) is 0 Å². The van der Waals surface area contributed by atoms with Gasteiger partial charge in [0.05, 0.1) is 0 Å². The van der Waals surface area contributed by atoms with E-state index in [1.807, 2.05) is 30.3 Å². The van der Waals surface area contributed by atoms with Crippen LogP contribution < -0.4 is 0 Å². The van der Waals surface area contributed by atoms with Gasteiger partial charge in [0.2, 0.25) is 0 Å². The zero-order valence-corrected chi connectivity index (χ0v) is 9.76. The normalized spacial score (nSPS) is 10.4. The van der Waals surface area contributed by atoms with E-state index in [9.17, 15) is 4.39 Å². The molecule has 0 amide bonds. The molecule has 16 heavy (non-hydrogen) atoms. The molecular formula is C14H12ClF. The van der Waals surface area contributed by atoms with E-state index >= 15 is 0 Å². The summed E-state index contributed by atoms with van der Waals surface area (Å²) in [5.74, 6) is -0.137. The third-order valence-electron chi connectivity index (χ3n) is 2.61. The summed E-state index contributed by atoms with van der Waals surface area (Å²) in [4.78, 5) is 0. The first-order valence-corrected chi connectivity index (χ1v) is 5.53. The van der Waals surface area contributed by atoms with Crippen LogP contribution in [0.1, 0.15) is 16.7 Å². The summed E-state index contributed by atoms with van der Waals surface area (Å²) < 4.78 is 13.8. The molecule has 0 aliphatic carbocycles. The van der Waals surface area contributed by atoms with E-state index in [1.54, 1.807) is 19.1 Å². The SMILES string of the molecule is Cc1cccc(Cc2ccccc2Cl)c1F. The standard InChI is InChI=1S/C14H12ClF/c1-10-5-4-7-12(14(10)16)9-11-6-2-3-8-13(11)15/h2-8H,9H2,1H3. The molecule has 0 bridgehead atoms. The van der Waals surface area contributed by atoms with Gasteiger partial charge in [0.25, 0.3) is 0 Å². The summed E-state index contributed by atoms with van der Waals surface area (Å²) in [6, 6.07) is 13.0. The Morgan fingerprint density at radius 1 is 1.00 bits per heavy atom. The molecule has 2 aromatic rings. The van der Waals surface area contributed by atoms with Gasteiger partial charge in [0, 0.05) is 11.4 Å². The summed E-state index contributed by atoms with van der Waals surface area (Å²) in [7, 11) is 0. The van der Waals surface area contributed by atoms with Crippen LogP contribution in [-0.2, 0) is 6.42 Å². The summed E-state index contributed by atoms with van der Waals surface area (Å²) >= 11 is 6.04. The van der Waals surface area contributed by atoms with Gasteiger partial charge in [-0.25, -0.2) is 4.39 Å². The number of hydrogen-bond donors (Lipinski definition) is 0. The van der Waals surface area contributed by atoms with Gasteiger partial charge in [-0.05, 0) is 29.7 Å². The largest absolute Gasteiger partial charge is 0.206 e. The van der Waals surface area contributed by atoms with E-state index in [1.165, 1.54) is 0 Å². The van der Waals surface area contributed by atoms with Crippen molar-refractivity contribution in [1.29, 1.82) is 0 Å². The van der Waals surface area contributed by atoms with Gasteiger partial charge in [-0.2, -0.15) is 0 Å². The molecule has 0 aromatic heterocycles. The maximum atomic E-state index is 13.8. The van der Waals surface area contributed by atoms with Crippen LogP contribution in [0.15, 0.2) is 42.5 Å². The van der Waals surface area contributed by atoms with Gasteiger partial charge < -0.3 is 0 Å². The molecule has 0 saturated heterocycles. The summed E-state index contributed by atoms with van der Waals surface area (Å²) in [6.07, 6.45) is 0.535. The Hall–Kier alpha value is -1.34. The first-order valence-electron chi connectivity index (χ1n) is 5.16. The number of rotatable bonds is 2. The Morgan fingerprint density at radius 3 is 2.44 bits per heavy atom. The number of halogens is 2. The number of hydrogen-bond acceptors (Lipinski definition) is 0. The molecule has 0 saturated carbocycles. The average molecular weight is 235 g/mol. The van der Waals surface area contributed by atoms with Crippen molar-refractivity contribution in [2.75, 3.05) is 0 Å². The lowest BCUT2D eigenvalue weighted by molar-refractivity contribution is 0.605. The van der Waals surface area contributed by atoms with Crippen molar-refractivity contribution in [2.24, 2.45) is 0 Å². The van der Waals surface area contributed by atoms with Crippen molar-refractivity contribution in [3.05, 3.63) is 70.0 Å². The lowest BCUT2D eigenvalue weighted by Crippen LogP contribution is -1.95. The molecule has 0 fully saturated rings. The molecule has 2 rings (SSSR count). The minimum Gasteiger partial charge on any atom is -0.206 e. The quantitative estimate of drug-likeness (QED) is 0.724. The topological polar surface area (TPSA) is 0 Å². The smallest absolute Gasteiger partial charge is 0.129 e. The zero-order chi connectivity index (χ0) is 11.5. The van der Waals surface area contributed by atoms with Crippen molar-refractivity contribution in [3.8, 4) is 0 Å². The third kappa shape index (κ3) is 2.25. The van der Waals surface area contributed by atoms with Gasteiger partial charge >= 0.3 is 0 Å². The molecule has 2 aromatic carbocycles. The zero-order valence-electron chi connectivity index (χ0n) is 9.00. The number of aryl methyl sites for hydroxylation is 1. The van der Waals surface area contributed by atoms with Crippen LogP contribution in [0.3, 0.4) is 0 Å². The predicted molar refractivity (Wildman–Crippen MR) is 65.4 cm³/mol. The van der Waals surface area contributed by atoms with Crippen LogP contribution >= 0.6 is 11.6 Å². The molecule has 0 spiro atoms. The van der Waals surface area contributed by atoms with E-state index in [0.29, 0.717) is 22.6 Å². The average Bonchev–Trinajstić information content (AvgIpc) is 2.28. The Balaban J connectivity index is 2.35. The van der Waals surface area contributed by atoms with Crippen LogP contribution in [0.5, 0.6) is 0 Å². The van der Waals surface area contributed by atoms with Crippen LogP contribution in [0.4, 0.5) is 4.39 Å². The Bertz CT molecular complexity index is 506. The summed E-state index contributed by atoms with van der Waals surface area (Å²) in [5.41, 5.74) is 2.31. The first-order chi connectivity index (χ1) is 7.68. The second-order valence-electron chi connectivity index (χ2n) is 3.82. The molecule has 0 nitrogen and oxygen atoms in total. The van der Waals surface area contributed by atoms with Gasteiger partial charge in [0.1, 0.15) is 5.82 Å². The fraction of sp³-hybridized carbons (Fsp3) is 0.143. The lowest BCUT2D eigenvalue weighted by atomic mass is 10.0. The second-order valence-corrected chi connectivity index (χ2v) is 4.22.